The fourth-order valence-electron chi connectivity index (χ4n) is 1.16. The van der Waals surface area contributed by atoms with E-state index in [0.717, 1.165) is 31.8 Å². The molecule has 0 fully saturated rings. The molecule has 0 aliphatic rings. The summed E-state index contributed by atoms with van der Waals surface area (Å²) in [4.78, 5) is 0. The number of hydrogen-bond donors (Lipinski definition) is 0. The summed E-state index contributed by atoms with van der Waals surface area (Å²) in [6, 6.07) is 0. The molecule has 104 valence electrons. The van der Waals surface area contributed by atoms with Gasteiger partial charge in [-0.3, -0.25) is 8.37 Å². The molecule has 0 radical (unpaired) electrons. The van der Waals surface area contributed by atoms with E-state index in [2.05, 4.69) is 8.37 Å². The molecule has 0 saturated heterocycles. The first kappa shape index (κ1) is 16.8. The lowest BCUT2D eigenvalue weighted by Crippen LogP contribution is -2.04. The molecule has 0 aromatic rings. The molecule has 0 unspecified atom stereocenters. The maximum absolute atomic E-state index is 10.6. The minimum Gasteiger partial charge on any atom is -0.270 e. The molecular weight excluding hydrogens is 268 g/mol. The molecule has 0 aromatic heterocycles. The van der Waals surface area contributed by atoms with E-state index in [1.807, 2.05) is 0 Å². The molecule has 0 heterocycles. The lowest BCUT2D eigenvalue weighted by atomic mass is 10.2. The highest BCUT2D eigenvalue weighted by Crippen LogP contribution is 2.05. The smallest absolute Gasteiger partial charge is 0.264 e. The zero-order chi connectivity index (χ0) is 13.4. The van der Waals surface area contributed by atoms with Crippen molar-refractivity contribution in [1.82, 2.24) is 0 Å². The Kier molecular flexibility index (Phi) is 7.93. The Bertz CT molecular complexity index is 346. The number of rotatable bonds is 10. The average Bonchev–Trinajstić information content (AvgIpc) is 2.11. The Morgan fingerprint density at radius 1 is 0.647 bits per heavy atom. The van der Waals surface area contributed by atoms with Crippen LogP contribution < -0.4 is 0 Å². The largest absolute Gasteiger partial charge is 0.270 e. The van der Waals surface area contributed by atoms with Gasteiger partial charge in [-0.15, -0.1) is 0 Å². The van der Waals surface area contributed by atoms with Crippen molar-refractivity contribution in [2.24, 2.45) is 0 Å². The van der Waals surface area contributed by atoms with Crippen LogP contribution in [0, 0.1) is 0 Å². The van der Waals surface area contributed by atoms with E-state index >= 15 is 0 Å². The molecule has 0 bridgehead atoms. The van der Waals surface area contributed by atoms with Gasteiger partial charge in [-0.05, 0) is 12.8 Å². The van der Waals surface area contributed by atoms with Gasteiger partial charge in [0.05, 0.1) is 25.7 Å². The van der Waals surface area contributed by atoms with Crippen LogP contribution in [0.1, 0.15) is 32.1 Å². The molecule has 0 aliphatic carbocycles. The van der Waals surface area contributed by atoms with Gasteiger partial charge in [0.2, 0.25) is 0 Å². The van der Waals surface area contributed by atoms with E-state index < -0.39 is 20.2 Å². The third-order valence-corrected chi connectivity index (χ3v) is 3.07. The zero-order valence-corrected chi connectivity index (χ0v) is 11.8. The normalized spacial score (nSPS) is 12.8. The topological polar surface area (TPSA) is 86.7 Å². The van der Waals surface area contributed by atoms with Crippen LogP contribution in [0.2, 0.25) is 0 Å². The molecule has 0 atom stereocenters. The van der Waals surface area contributed by atoms with Gasteiger partial charge in [-0.1, -0.05) is 19.3 Å². The molecule has 0 amide bonds. The van der Waals surface area contributed by atoms with Gasteiger partial charge in [0, 0.05) is 0 Å². The van der Waals surface area contributed by atoms with Crippen LogP contribution in [0.15, 0.2) is 0 Å². The number of hydrogen-bond acceptors (Lipinski definition) is 6. The first-order valence-electron chi connectivity index (χ1n) is 5.39. The van der Waals surface area contributed by atoms with Crippen LogP contribution in [0.5, 0.6) is 0 Å². The maximum Gasteiger partial charge on any atom is 0.264 e. The molecule has 0 N–H and O–H groups in total. The highest BCUT2D eigenvalue weighted by Gasteiger charge is 2.01. The maximum atomic E-state index is 10.6. The van der Waals surface area contributed by atoms with Gasteiger partial charge in [0.25, 0.3) is 20.2 Å². The second-order valence-electron chi connectivity index (χ2n) is 3.82. The fraction of sp³-hybridized carbons (Fsp3) is 1.00. The van der Waals surface area contributed by atoms with Crippen LogP contribution in [0.4, 0.5) is 0 Å². The summed E-state index contributed by atoms with van der Waals surface area (Å²) >= 11 is 0. The van der Waals surface area contributed by atoms with Gasteiger partial charge in [-0.2, -0.15) is 16.8 Å². The number of unbranched alkanes of at least 4 members (excludes halogenated alkanes) is 4. The predicted octanol–water partition coefficient (Wildman–Crippen LogP) is 0.889. The van der Waals surface area contributed by atoms with Crippen molar-refractivity contribution in [3.8, 4) is 0 Å². The van der Waals surface area contributed by atoms with Gasteiger partial charge < -0.3 is 0 Å². The monoisotopic (exact) mass is 288 g/mol. The molecule has 0 spiro atoms. The summed E-state index contributed by atoms with van der Waals surface area (Å²) in [5, 5.41) is 0. The van der Waals surface area contributed by atoms with Crippen LogP contribution in [0.25, 0.3) is 0 Å². The third-order valence-electron chi connectivity index (χ3n) is 1.88. The third kappa shape index (κ3) is 15.8. The van der Waals surface area contributed by atoms with Gasteiger partial charge >= 0.3 is 0 Å². The summed E-state index contributed by atoms with van der Waals surface area (Å²) in [5.41, 5.74) is 0. The fourth-order valence-corrected chi connectivity index (χ4v) is 2.00. The quantitative estimate of drug-likeness (QED) is 0.438. The van der Waals surface area contributed by atoms with Crippen molar-refractivity contribution in [2.75, 3.05) is 25.7 Å². The highest BCUT2D eigenvalue weighted by molar-refractivity contribution is 7.86. The van der Waals surface area contributed by atoms with Crippen molar-refractivity contribution in [1.29, 1.82) is 0 Å². The van der Waals surface area contributed by atoms with Gasteiger partial charge in [0.1, 0.15) is 0 Å². The highest BCUT2D eigenvalue weighted by atomic mass is 32.2. The van der Waals surface area contributed by atoms with Crippen molar-refractivity contribution in [3.63, 3.8) is 0 Å². The Labute approximate surface area is 104 Å². The Hall–Kier alpha value is -0.180. The molecule has 0 saturated carbocycles. The lowest BCUT2D eigenvalue weighted by molar-refractivity contribution is 0.300. The molecule has 0 aromatic carbocycles. The average molecular weight is 288 g/mol. The molecule has 17 heavy (non-hydrogen) atoms. The van der Waals surface area contributed by atoms with Crippen molar-refractivity contribution in [2.45, 2.75) is 32.1 Å². The summed E-state index contributed by atoms with van der Waals surface area (Å²) in [6.45, 7) is 0.414. The van der Waals surface area contributed by atoms with Crippen molar-refractivity contribution in [3.05, 3.63) is 0 Å². The van der Waals surface area contributed by atoms with Crippen LogP contribution in [-0.4, -0.2) is 42.6 Å². The Morgan fingerprint density at radius 3 is 1.24 bits per heavy atom. The van der Waals surface area contributed by atoms with E-state index in [0.29, 0.717) is 12.8 Å². The predicted molar refractivity (Wildman–Crippen MR) is 64.7 cm³/mol. The first-order chi connectivity index (χ1) is 7.71. The van der Waals surface area contributed by atoms with E-state index in [1.165, 1.54) is 0 Å². The van der Waals surface area contributed by atoms with E-state index in [1.54, 1.807) is 0 Å². The van der Waals surface area contributed by atoms with E-state index in [9.17, 15) is 16.8 Å². The van der Waals surface area contributed by atoms with E-state index in [4.69, 9.17) is 0 Å². The molecule has 0 rings (SSSR count). The first-order valence-corrected chi connectivity index (χ1v) is 9.03. The molecule has 8 heteroatoms. The second-order valence-corrected chi connectivity index (χ2v) is 7.11. The second kappa shape index (κ2) is 8.02. The minimum atomic E-state index is -3.33. The Morgan fingerprint density at radius 2 is 0.941 bits per heavy atom. The summed E-state index contributed by atoms with van der Waals surface area (Å²) in [6.07, 6.45) is 6.02. The summed E-state index contributed by atoms with van der Waals surface area (Å²) in [5.74, 6) is 0. The van der Waals surface area contributed by atoms with Crippen LogP contribution in [-0.2, 0) is 28.6 Å². The van der Waals surface area contributed by atoms with Crippen molar-refractivity contribution < 1.29 is 25.2 Å². The van der Waals surface area contributed by atoms with E-state index in [-0.39, 0.29) is 13.2 Å². The Balaban J connectivity index is 3.25. The minimum absolute atomic E-state index is 0.207. The molecule has 6 nitrogen and oxygen atoms in total. The summed E-state index contributed by atoms with van der Waals surface area (Å²) < 4.78 is 51.6. The lowest BCUT2D eigenvalue weighted by Gasteiger charge is -2.02. The van der Waals surface area contributed by atoms with Gasteiger partial charge in [0.15, 0.2) is 0 Å². The SMILES string of the molecule is CS(=O)(=O)OCCCCCCCOS(C)(=O)=O. The van der Waals surface area contributed by atoms with Crippen molar-refractivity contribution >= 4 is 20.2 Å². The molecule has 0 aliphatic heterocycles. The van der Waals surface area contributed by atoms with Crippen LogP contribution in [0.3, 0.4) is 0 Å². The van der Waals surface area contributed by atoms with Crippen LogP contribution >= 0.6 is 0 Å². The molecular formula is C9H20O6S2. The zero-order valence-electron chi connectivity index (χ0n) is 10.2. The summed E-state index contributed by atoms with van der Waals surface area (Å²) in [7, 11) is -6.66. The standard InChI is InChI=1S/C9H20O6S2/c1-16(10,11)14-8-6-4-3-5-7-9-15-17(2,12)13/h3-9H2,1-2H3. The van der Waals surface area contributed by atoms with Gasteiger partial charge in [-0.25, -0.2) is 0 Å².